The molecule has 98 valence electrons. The largest absolute Gasteiger partial charge is 0.479 e. The quantitative estimate of drug-likeness (QED) is 0.746. The van der Waals surface area contributed by atoms with Crippen molar-refractivity contribution in [3.05, 3.63) is 0 Å². The van der Waals surface area contributed by atoms with Crippen molar-refractivity contribution in [1.29, 1.82) is 0 Å². The lowest BCUT2D eigenvalue weighted by molar-refractivity contribution is -0.149. The van der Waals surface area contributed by atoms with Gasteiger partial charge in [-0.25, -0.2) is 4.79 Å². The average Bonchev–Trinajstić information content (AvgIpc) is 2.95. The Morgan fingerprint density at radius 2 is 2.24 bits per heavy atom. The predicted molar refractivity (Wildman–Crippen MR) is 62.0 cm³/mol. The molecule has 1 saturated carbocycles. The van der Waals surface area contributed by atoms with Crippen LogP contribution in [0.3, 0.4) is 0 Å². The Balaban J connectivity index is 1.65. The van der Waals surface area contributed by atoms with Gasteiger partial charge in [0, 0.05) is 19.7 Å². The van der Waals surface area contributed by atoms with Crippen molar-refractivity contribution >= 4 is 5.97 Å². The van der Waals surface area contributed by atoms with Crippen LogP contribution in [-0.4, -0.2) is 49.1 Å². The normalized spacial score (nSPS) is 37.5. The number of rotatable bonds is 5. The number of ether oxygens (including phenoxy) is 2. The van der Waals surface area contributed by atoms with Gasteiger partial charge in [0.1, 0.15) is 0 Å². The summed E-state index contributed by atoms with van der Waals surface area (Å²) in [5.74, 6) is -0.840. The molecule has 0 bridgehead atoms. The van der Waals surface area contributed by atoms with Crippen LogP contribution >= 0.6 is 0 Å². The summed E-state index contributed by atoms with van der Waals surface area (Å²) in [5, 5.41) is 12.3. The van der Waals surface area contributed by atoms with E-state index in [4.69, 9.17) is 14.6 Å². The minimum absolute atomic E-state index is 0.0534. The molecule has 5 heteroatoms. The highest BCUT2D eigenvalue weighted by Crippen LogP contribution is 2.23. The van der Waals surface area contributed by atoms with Crippen LogP contribution in [0, 0.1) is 0 Å². The van der Waals surface area contributed by atoms with Crippen LogP contribution < -0.4 is 5.32 Å². The Morgan fingerprint density at radius 1 is 1.41 bits per heavy atom. The molecule has 0 aromatic rings. The predicted octanol–water partition coefficient (Wildman–Crippen LogP) is 0.776. The van der Waals surface area contributed by atoms with E-state index in [2.05, 4.69) is 5.32 Å². The topological polar surface area (TPSA) is 67.8 Å². The molecular formula is C12H21NO4. The second-order valence-electron chi connectivity index (χ2n) is 4.94. The summed E-state index contributed by atoms with van der Waals surface area (Å²) in [6.45, 7) is 0.755. The smallest absolute Gasteiger partial charge is 0.332 e. The number of hydrogen-bond acceptors (Lipinski definition) is 4. The highest BCUT2D eigenvalue weighted by Gasteiger charge is 2.31. The van der Waals surface area contributed by atoms with E-state index in [-0.39, 0.29) is 6.10 Å². The van der Waals surface area contributed by atoms with E-state index < -0.39 is 12.1 Å². The molecule has 17 heavy (non-hydrogen) atoms. The third-order valence-electron chi connectivity index (χ3n) is 3.74. The second-order valence-corrected chi connectivity index (χ2v) is 4.94. The monoisotopic (exact) mass is 243 g/mol. The number of hydrogen-bond donors (Lipinski definition) is 2. The summed E-state index contributed by atoms with van der Waals surface area (Å²) in [6, 6.07) is 0.493. The van der Waals surface area contributed by atoms with E-state index >= 15 is 0 Å². The number of carbonyl (C=O) groups is 1. The standard InChI is InChI=1S/C12H21NO4/c1-16-9-3-2-8(6-9)13-7-10-4-5-11(17-10)12(14)15/h8-11,13H,2-7H2,1H3,(H,14,15). The van der Waals surface area contributed by atoms with Crippen LogP contribution in [-0.2, 0) is 14.3 Å². The molecule has 0 amide bonds. The van der Waals surface area contributed by atoms with Gasteiger partial charge in [0.05, 0.1) is 12.2 Å². The number of carboxylic acid groups (broad SMARTS) is 1. The van der Waals surface area contributed by atoms with E-state index in [1.807, 2.05) is 0 Å². The van der Waals surface area contributed by atoms with Crippen molar-refractivity contribution in [2.24, 2.45) is 0 Å². The van der Waals surface area contributed by atoms with E-state index in [1.54, 1.807) is 7.11 Å². The van der Waals surface area contributed by atoms with E-state index in [1.165, 1.54) is 0 Å². The fraction of sp³-hybridized carbons (Fsp3) is 0.917. The first-order valence-corrected chi connectivity index (χ1v) is 6.33. The zero-order valence-corrected chi connectivity index (χ0v) is 10.2. The number of nitrogens with one attached hydrogen (secondary N) is 1. The Kier molecular flexibility index (Phi) is 4.36. The van der Waals surface area contributed by atoms with Gasteiger partial charge in [-0.2, -0.15) is 0 Å². The molecule has 0 radical (unpaired) electrons. The molecule has 0 aromatic heterocycles. The molecule has 2 aliphatic rings. The maximum absolute atomic E-state index is 10.7. The SMILES string of the molecule is COC1CCC(NCC2CCC(C(=O)O)O2)C1. The van der Waals surface area contributed by atoms with E-state index in [9.17, 15) is 4.79 Å². The third kappa shape index (κ3) is 3.40. The fourth-order valence-electron chi connectivity index (χ4n) is 2.68. The second kappa shape index (κ2) is 5.80. The van der Waals surface area contributed by atoms with Gasteiger partial charge >= 0.3 is 5.97 Å². The van der Waals surface area contributed by atoms with Crippen LogP contribution in [0.4, 0.5) is 0 Å². The molecule has 1 heterocycles. The molecule has 5 nitrogen and oxygen atoms in total. The molecule has 1 saturated heterocycles. The molecule has 4 atom stereocenters. The zero-order valence-electron chi connectivity index (χ0n) is 10.2. The van der Waals surface area contributed by atoms with Crippen molar-refractivity contribution in [3.63, 3.8) is 0 Å². The number of aliphatic carboxylic acids is 1. The van der Waals surface area contributed by atoms with Gasteiger partial charge in [0.15, 0.2) is 6.10 Å². The maximum atomic E-state index is 10.7. The van der Waals surface area contributed by atoms with Crippen LogP contribution in [0.2, 0.25) is 0 Å². The first kappa shape index (κ1) is 12.8. The maximum Gasteiger partial charge on any atom is 0.332 e. The minimum atomic E-state index is -0.840. The molecule has 1 aliphatic heterocycles. The van der Waals surface area contributed by atoms with Gasteiger partial charge in [-0.1, -0.05) is 0 Å². The van der Waals surface area contributed by atoms with Crippen molar-refractivity contribution in [1.82, 2.24) is 5.32 Å². The molecular weight excluding hydrogens is 222 g/mol. The number of methoxy groups -OCH3 is 1. The van der Waals surface area contributed by atoms with E-state index in [0.29, 0.717) is 18.6 Å². The fourth-order valence-corrected chi connectivity index (χ4v) is 2.68. The van der Waals surface area contributed by atoms with Crippen molar-refractivity contribution in [2.75, 3.05) is 13.7 Å². The summed E-state index contributed by atoms with van der Waals surface area (Å²) >= 11 is 0. The first-order chi connectivity index (χ1) is 8.19. The molecule has 2 rings (SSSR count). The van der Waals surface area contributed by atoms with Gasteiger partial charge in [-0.3, -0.25) is 0 Å². The molecule has 0 aromatic carbocycles. The summed E-state index contributed by atoms with van der Waals surface area (Å²) in [6.07, 6.45) is 4.59. The van der Waals surface area contributed by atoms with Gasteiger partial charge in [0.2, 0.25) is 0 Å². The van der Waals surface area contributed by atoms with Gasteiger partial charge in [-0.05, 0) is 32.1 Å². The van der Waals surface area contributed by atoms with Gasteiger partial charge in [-0.15, -0.1) is 0 Å². The Bertz CT molecular complexity index is 271. The lowest BCUT2D eigenvalue weighted by atomic mass is 10.2. The first-order valence-electron chi connectivity index (χ1n) is 6.33. The minimum Gasteiger partial charge on any atom is -0.479 e. The van der Waals surface area contributed by atoms with Crippen molar-refractivity contribution in [2.45, 2.75) is 56.5 Å². The highest BCUT2D eigenvalue weighted by molar-refractivity contribution is 5.72. The van der Waals surface area contributed by atoms with Gasteiger partial charge in [0.25, 0.3) is 0 Å². The molecule has 1 aliphatic carbocycles. The van der Waals surface area contributed by atoms with Crippen molar-refractivity contribution < 1.29 is 19.4 Å². The summed E-state index contributed by atoms with van der Waals surface area (Å²) in [5.41, 5.74) is 0. The van der Waals surface area contributed by atoms with Crippen LogP contribution in [0.1, 0.15) is 32.1 Å². The molecule has 2 fully saturated rings. The summed E-state index contributed by atoms with van der Waals surface area (Å²) < 4.78 is 10.8. The highest BCUT2D eigenvalue weighted by atomic mass is 16.5. The lowest BCUT2D eigenvalue weighted by Gasteiger charge is -2.16. The number of carboxylic acids is 1. The summed E-state index contributed by atoms with van der Waals surface area (Å²) in [7, 11) is 1.75. The average molecular weight is 243 g/mol. The lowest BCUT2D eigenvalue weighted by Crippen LogP contribution is -2.35. The van der Waals surface area contributed by atoms with Crippen LogP contribution in [0.15, 0.2) is 0 Å². The van der Waals surface area contributed by atoms with E-state index in [0.717, 1.165) is 32.2 Å². The Morgan fingerprint density at radius 3 is 2.82 bits per heavy atom. The van der Waals surface area contributed by atoms with Gasteiger partial charge < -0.3 is 19.9 Å². The Labute approximate surface area is 101 Å². The third-order valence-corrected chi connectivity index (χ3v) is 3.74. The van der Waals surface area contributed by atoms with Crippen molar-refractivity contribution in [3.8, 4) is 0 Å². The molecule has 4 unspecified atom stereocenters. The van der Waals surface area contributed by atoms with Crippen LogP contribution in [0.25, 0.3) is 0 Å². The van der Waals surface area contributed by atoms with Crippen LogP contribution in [0.5, 0.6) is 0 Å². The zero-order chi connectivity index (χ0) is 12.3. The molecule has 2 N–H and O–H groups in total. The summed E-state index contributed by atoms with van der Waals surface area (Å²) in [4.78, 5) is 10.7. The Hall–Kier alpha value is -0.650. The molecule has 0 spiro atoms.